The highest BCUT2D eigenvalue weighted by atomic mass is 16.3. The number of nitrogens with zero attached hydrogens (tertiary/aromatic N) is 1. The van der Waals surface area contributed by atoms with Crippen LogP contribution in [0.3, 0.4) is 0 Å². The minimum Gasteiger partial charge on any atom is -0.508 e. The van der Waals surface area contributed by atoms with Crippen LogP contribution in [0.1, 0.15) is 5.56 Å². The average Bonchev–Trinajstić information content (AvgIpc) is 2.09. The maximum atomic E-state index is 8.96. The first-order valence-corrected chi connectivity index (χ1v) is 3.73. The van der Waals surface area contributed by atoms with E-state index < -0.39 is 0 Å². The minimum atomic E-state index is 0.270. The Kier molecular flexibility index (Phi) is 2.97. The molecule has 62 valence electrons. The van der Waals surface area contributed by atoms with Gasteiger partial charge in [0.25, 0.3) is 0 Å². The van der Waals surface area contributed by atoms with Crippen LogP contribution >= 0.6 is 0 Å². The molecular formula is C9H10N2O. The standard InChI is InChI=1S/C9H10N2O/c10-7-11-6-5-8-1-3-9(12)4-2-8/h1-4,11-12H,5-6H2/i7-1. The van der Waals surface area contributed by atoms with Gasteiger partial charge in [0.1, 0.15) is 5.75 Å². The number of aromatic hydroxyl groups is 1. The summed E-state index contributed by atoms with van der Waals surface area (Å²) in [6.45, 7) is 0.640. The van der Waals surface area contributed by atoms with Crippen molar-refractivity contribution in [1.29, 1.82) is 5.26 Å². The number of nitrogens with one attached hydrogen (secondary N) is 1. The van der Waals surface area contributed by atoms with Gasteiger partial charge in [-0.15, -0.1) is 0 Å². The average molecular weight is 161 g/mol. The second-order valence-corrected chi connectivity index (χ2v) is 2.46. The lowest BCUT2D eigenvalue weighted by atomic mass is 10.1. The number of phenols is 1. The monoisotopic (exact) mass is 161 g/mol. The third kappa shape index (κ3) is 2.51. The minimum absolute atomic E-state index is 0.270. The summed E-state index contributed by atoms with van der Waals surface area (Å²) >= 11 is 0. The number of nitriles is 1. The molecule has 0 amide bonds. The summed E-state index contributed by atoms with van der Waals surface area (Å²) in [5, 5.41) is 19.7. The van der Waals surface area contributed by atoms with Crippen molar-refractivity contribution in [1.82, 2.24) is 5.32 Å². The summed E-state index contributed by atoms with van der Waals surface area (Å²) in [6.07, 6.45) is 2.65. The molecule has 12 heavy (non-hydrogen) atoms. The molecule has 2 N–H and O–H groups in total. The van der Waals surface area contributed by atoms with Gasteiger partial charge in [0.15, 0.2) is 6.19 Å². The molecular weight excluding hydrogens is 151 g/mol. The summed E-state index contributed by atoms with van der Waals surface area (Å²) in [4.78, 5) is 0. The van der Waals surface area contributed by atoms with Crippen LogP contribution in [0.5, 0.6) is 5.75 Å². The van der Waals surface area contributed by atoms with Gasteiger partial charge in [-0.05, 0) is 24.1 Å². The molecule has 1 aromatic rings. The van der Waals surface area contributed by atoms with E-state index in [1.807, 2.05) is 18.3 Å². The van der Waals surface area contributed by atoms with Crippen molar-refractivity contribution in [2.45, 2.75) is 6.42 Å². The van der Waals surface area contributed by atoms with Crippen LogP contribution in [0.4, 0.5) is 0 Å². The van der Waals surface area contributed by atoms with Crippen molar-refractivity contribution in [2.75, 3.05) is 6.54 Å². The van der Waals surface area contributed by atoms with Gasteiger partial charge in [-0.1, -0.05) is 12.1 Å². The van der Waals surface area contributed by atoms with Crippen molar-refractivity contribution in [3.05, 3.63) is 29.8 Å². The zero-order chi connectivity index (χ0) is 8.81. The van der Waals surface area contributed by atoms with Crippen LogP contribution in [-0.2, 0) is 6.42 Å². The van der Waals surface area contributed by atoms with E-state index in [1.165, 1.54) is 0 Å². The van der Waals surface area contributed by atoms with E-state index in [2.05, 4.69) is 5.32 Å². The lowest BCUT2D eigenvalue weighted by Gasteiger charge is -1.99. The van der Waals surface area contributed by atoms with Gasteiger partial charge in [-0.2, -0.15) is 5.26 Å². The predicted octanol–water partition coefficient (Wildman–Crippen LogP) is 1.01. The van der Waals surface area contributed by atoms with E-state index in [4.69, 9.17) is 10.4 Å². The molecule has 0 fully saturated rings. The quantitative estimate of drug-likeness (QED) is 0.395. The molecule has 0 aliphatic heterocycles. The Hall–Kier alpha value is -1.69. The van der Waals surface area contributed by atoms with Crippen molar-refractivity contribution < 1.29 is 5.11 Å². The van der Waals surface area contributed by atoms with Crippen molar-refractivity contribution in [3.8, 4) is 11.9 Å². The third-order valence-electron chi connectivity index (χ3n) is 1.55. The van der Waals surface area contributed by atoms with Gasteiger partial charge < -0.3 is 10.4 Å². The normalized spacial score (nSPS) is 8.92. The summed E-state index contributed by atoms with van der Waals surface area (Å²) in [7, 11) is 0. The first-order valence-electron chi connectivity index (χ1n) is 3.73. The molecule has 0 saturated carbocycles. The van der Waals surface area contributed by atoms with E-state index >= 15 is 0 Å². The molecule has 0 radical (unpaired) electrons. The highest BCUT2D eigenvalue weighted by Crippen LogP contribution is 2.09. The van der Waals surface area contributed by atoms with Crippen molar-refractivity contribution in [2.24, 2.45) is 0 Å². The molecule has 0 saturated heterocycles. The fourth-order valence-corrected chi connectivity index (χ4v) is 0.925. The Morgan fingerprint density at radius 2 is 2.00 bits per heavy atom. The van der Waals surface area contributed by atoms with Gasteiger partial charge in [-0.25, -0.2) is 0 Å². The first-order chi connectivity index (χ1) is 5.83. The van der Waals surface area contributed by atoms with E-state index in [1.54, 1.807) is 12.1 Å². The first kappa shape index (κ1) is 8.41. The lowest BCUT2D eigenvalue weighted by Crippen LogP contribution is -2.09. The number of hydrogen-bond acceptors (Lipinski definition) is 3. The predicted molar refractivity (Wildman–Crippen MR) is 45.4 cm³/mol. The number of benzene rings is 1. The van der Waals surface area contributed by atoms with Crippen LogP contribution in [0, 0.1) is 11.5 Å². The fraction of sp³-hybridized carbons (Fsp3) is 0.222. The highest BCUT2D eigenvalue weighted by molar-refractivity contribution is 5.25. The second kappa shape index (κ2) is 4.24. The summed E-state index contributed by atoms with van der Waals surface area (Å²) in [6, 6.07) is 6.96. The van der Waals surface area contributed by atoms with Gasteiger partial charge in [0.2, 0.25) is 0 Å². The van der Waals surface area contributed by atoms with E-state index in [9.17, 15) is 0 Å². The molecule has 0 aliphatic rings. The van der Waals surface area contributed by atoms with Crippen molar-refractivity contribution >= 4 is 0 Å². The Bertz CT molecular complexity index is 274. The number of phenolic OH excluding ortho intramolecular Hbond substituents is 1. The Morgan fingerprint density at radius 1 is 1.33 bits per heavy atom. The van der Waals surface area contributed by atoms with Gasteiger partial charge in [0.05, 0.1) is 0 Å². The van der Waals surface area contributed by atoms with Gasteiger partial charge >= 0.3 is 0 Å². The molecule has 1 aromatic carbocycles. The van der Waals surface area contributed by atoms with Gasteiger partial charge in [0, 0.05) is 6.54 Å². The molecule has 0 atom stereocenters. The molecule has 0 aliphatic carbocycles. The van der Waals surface area contributed by atoms with E-state index in [0.717, 1.165) is 12.0 Å². The van der Waals surface area contributed by atoms with Crippen molar-refractivity contribution in [3.63, 3.8) is 0 Å². The molecule has 3 nitrogen and oxygen atoms in total. The number of rotatable bonds is 3. The lowest BCUT2D eigenvalue weighted by molar-refractivity contribution is 0.475. The molecule has 0 spiro atoms. The molecule has 1 rings (SSSR count). The van der Waals surface area contributed by atoms with Crippen LogP contribution < -0.4 is 5.32 Å². The van der Waals surface area contributed by atoms with E-state index in [0.29, 0.717) is 6.54 Å². The molecule has 0 aromatic heterocycles. The Morgan fingerprint density at radius 3 is 2.58 bits per heavy atom. The zero-order valence-electron chi connectivity index (χ0n) is 6.62. The SMILES string of the molecule is N#[11C]NCCc1ccc(O)cc1. The van der Waals surface area contributed by atoms with Crippen LogP contribution in [0.2, 0.25) is 0 Å². The maximum Gasteiger partial charge on any atom is 0.176 e. The second-order valence-electron chi connectivity index (χ2n) is 2.46. The third-order valence-corrected chi connectivity index (χ3v) is 1.55. The highest BCUT2D eigenvalue weighted by Gasteiger charge is 1.91. The molecule has 3 heteroatoms. The summed E-state index contributed by atoms with van der Waals surface area (Å²) in [5.41, 5.74) is 1.11. The summed E-state index contributed by atoms with van der Waals surface area (Å²) in [5.74, 6) is 0.270. The molecule has 0 unspecified atom stereocenters. The molecule has 0 heterocycles. The topological polar surface area (TPSA) is 56.0 Å². The van der Waals surface area contributed by atoms with Gasteiger partial charge in [-0.3, -0.25) is 0 Å². The van der Waals surface area contributed by atoms with Crippen LogP contribution in [-0.4, -0.2) is 11.7 Å². The summed E-state index contributed by atoms with van der Waals surface area (Å²) < 4.78 is 0. The maximum absolute atomic E-state index is 8.96. The Balaban J connectivity index is 2.43. The zero-order valence-corrected chi connectivity index (χ0v) is 6.62. The smallest absolute Gasteiger partial charge is 0.176 e. The Labute approximate surface area is 71.3 Å². The fourth-order valence-electron chi connectivity index (χ4n) is 0.925. The molecule has 0 bridgehead atoms. The van der Waals surface area contributed by atoms with Crippen LogP contribution in [0.15, 0.2) is 24.3 Å². The number of hydrogen-bond donors (Lipinski definition) is 2. The van der Waals surface area contributed by atoms with Crippen LogP contribution in [0.25, 0.3) is 0 Å². The van der Waals surface area contributed by atoms with E-state index in [-0.39, 0.29) is 5.75 Å². The largest absolute Gasteiger partial charge is 0.508 e.